The summed E-state index contributed by atoms with van der Waals surface area (Å²) in [5.74, 6) is 3.21. The van der Waals surface area contributed by atoms with Crippen molar-refractivity contribution < 1.29 is 0 Å². The number of rotatable bonds is 1. The summed E-state index contributed by atoms with van der Waals surface area (Å²) in [5.41, 5.74) is 1.53. The van der Waals surface area contributed by atoms with Gasteiger partial charge in [-0.3, -0.25) is 0 Å². The van der Waals surface area contributed by atoms with Gasteiger partial charge >= 0.3 is 0 Å². The molecule has 4 bridgehead atoms. The van der Waals surface area contributed by atoms with Crippen LogP contribution in [-0.2, 0) is 0 Å². The topological polar surface area (TPSA) is 0 Å². The second-order valence-electron chi connectivity index (χ2n) is 7.04. The van der Waals surface area contributed by atoms with Crippen molar-refractivity contribution in [2.24, 2.45) is 28.6 Å². The minimum absolute atomic E-state index is 0.744. The predicted octanol–water partition coefficient (Wildman–Crippen LogP) is 4.25. The van der Waals surface area contributed by atoms with Gasteiger partial charge in [0.2, 0.25) is 0 Å². The Morgan fingerprint density at radius 3 is 2.14 bits per heavy atom. The smallest absolute Gasteiger partial charge is 0.0289 e. The highest BCUT2D eigenvalue weighted by molar-refractivity contribution is 5.07. The molecule has 0 amide bonds. The zero-order chi connectivity index (χ0) is 9.97. The largest absolute Gasteiger partial charge is 0.0649 e. The van der Waals surface area contributed by atoms with Gasteiger partial charge in [-0.2, -0.15) is 0 Å². The molecule has 2 unspecified atom stereocenters. The summed E-state index contributed by atoms with van der Waals surface area (Å²) in [6, 6.07) is 0. The molecular formula is C14H24. The molecule has 0 heterocycles. The van der Waals surface area contributed by atoms with E-state index in [0.29, 0.717) is 0 Å². The maximum Gasteiger partial charge on any atom is -0.0289 e. The summed E-state index contributed by atoms with van der Waals surface area (Å²) in [6.07, 6.45) is 9.23. The van der Waals surface area contributed by atoms with E-state index in [1.54, 1.807) is 32.1 Å². The predicted molar refractivity (Wildman–Crippen MR) is 60.1 cm³/mol. The van der Waals surface area contributed by atoms with E-state index >= 15 is 0 Å². The Morgan fingerprint density at radius 1 is 1.07 bits per heavy atom. The van der Waals surface area contributed by atoms with Crippen molar-refractivity contribution in [2.75, 3.05) is 0 Å². The molecule has 4 rings (SSSR count). The molecule has 0 saturated heterocycles. The van der Waals surface area contributed by atoms with Gasteiger partial charge in [0.1, 0.15) is 0 Å². The fourth-order valence-electron chi connectivity index (χ4n) is 5.43. The quantitative estimate of drug-likeness (QED) is 0.582. The Morgan fingerprint density at radius 2 is 1.64 bits per heavy atom. The van der Waals surface area contributed by atoms with Gasteiger partial charge in [0.15, 0.2) is 0 Å². The average molecular weight is 192 g/mol. The van der Waals surface area contributed by atoms with Crippen LogP contribution in [0, 0.1) is 28.6 Å². The molecule has 0 nitrogen and oxygen atoms in total. The van der Waals surface area contributed by atoms with Crippen molar-refractivity contribution in [3.05, 3.63) is 0 Å². The molecule has 4 fully saturated rings. The molecule has 0 spiro atoms. The van der Waals surface area contributed by atoms with Crippen molar-refractivity contribution in [3.63, 3.8) is 0 Å². The molecule has 80 valence electrons. The Bertz CT molecular complexity index is 237. The highest BCUT2D eigenvalue weighted by Crippen LogP contribution is 2.67. The van der Waals surface area contributed by atoms with E-state index in [4.69, 9.17) is 0 Å². The molecule has 14 heavy (non-hydrogen) atoms. The van der Waals surface area contributed by atoms with E-state index < -0.39 is 0 Å². The summed E-state index contributed by atoms with van der Waals surface area (Å²) in [7, 11) is 0. The van der Waals surface area contributed by atoms with Crippen LogP contribution >= 0.6 is 0 Å². The van der Waals surface area contributed by atoms with Crippen LogP contribution < -0.4 is 0 Å². The standard InChI is InChI=1S/C14H24/c1-4-14-7-11-5-13(3,9-14)6-12(8-14)10(11)2/h10-12H,4-9H2,1-3H3. The van der Waals surface area contributed by atoms with Gasteiger partial charge in [-0.1, -0.05) is 27.2 Å². The molecule has 0 aliphatic heterocycles. The van der Waals surface area contributed by atoms with Crippen LogP contribution in [0.3, 0.4) is 0 Å². The summed E-state index contributed by atoms with van der Waals surface area (Å²) in [5, 5.41) is 0. The van der Waals surface area contributed by atoms with Crippen molar-refractivity contribution in [3.8, 4) is 0 Å². The summed E-state index contributed by atoms with van der Waals surface area (Å²) < 4.78 is 0. The lowest BCUT2D eigenvalue weighted by Gasteiger charge is -2.64. The Balaban J connectivity index is 1.97. The van der Waals surface area contributed by atoms with Gasteiger partial charge < -0.3 is 0 Å². The summed E-state index contributed by atoms with van der Waals surface area (Å²) in [4.78, 5) is 0. The highest BCUT2D eigenvalue weighted by atomic mass is 14.6. The molecule has 0 heteroatoms. The van der Waals surface area contributed by atoms with Crippen LogP contribution in [-0.4, -0.2) is 0 Å². The van der Waals surface area contributed by atoms with Gasteiger partial charge in [-0.15, -0.1) is 0 Å². The molecular weight excluding hydrogens is 168 g/mol. The third-order valence-electron chi connectivity index (χ3n) is 5.94. The van der Waals surface area contributed by atoms with E-state index in [2.05, 4.69) is 20.8 Å². The maximum atomic E-state index is 2.57. The minimum atomic E-state index is 0.744. The van der Waals surface area contributed by atoms with Crippen LogP contribution in [0.1, 0.15) is 59.3 Å². The molecule has 4 saturated carbocycles. The lowest BCUT2D eigenvalue weighted by Crippen LogP contribution is -2.54. The normalized spacial score (nSPS) is 60.6. The van der Waals surface area contributed by atoms with E-state index in [0.717, 1.165) is 28.6 Å². The highest BCUT2D eigenvalue weighted by Gasteiger charge is 2.57. The Kier molecular flexibility index (Phi) is 1.70. The molecule has 0 N–H and O–H groups in total. The molecule has 4 aliphatic rings. The molecule has 0 aromatic carbocycles. The third-order valence-corrected chi connectivity index (χ3v) is 5.94. The number of hydrogen-bond donors (Lipinski definition) is 0. The van der Waals surface area contributed by atoms with Crippen molar-refractivity contribution in [1.82, 2.24) is 0 Å². The zero-order valence-electron chi connectivity index (χ0n) is 9.97. The summed E-state index contributed by atoms with van der Waals surface area (Å²) in [6.45, 7) is 7.53. The van der Waals surface area contributed by atoms with E-state index in [1.807, 2.05) is 0 Å². The SMILES string of the molecule is CCC12CC3CC(C)(CC(C1)C3C)C2. The Labute approximate surface area is 88.5 Å². The van der Waals surface area contributed by atoms with Gasteiger partial charge in [0, 0.05) is 0 Å². The van der Waals surface area contributed by atoms with E-state index in [1.165, 1.54) is 6.42 Å². The first-order valence-corrected chi connectivity index (χ1v) is 6.56. The van der Waals surface area contributed by atoms with Gasteiger partial charge in [0.05, 0.1) is 0 Å². The molecule has 0 aromatic rings. The third kappa shape index (κ3) is 1.06. The van der Waals surface area contributed by atoms with Crippen LogP contribution in [0.15, 0.2) is 0 Å². The first-order valence-electron chi connectivity index (χ1n) is 6.56. The fourth-order valence-corrected chi connectivity index (χ4v) is 5.43. The second-order valence-corrected chi connectivity index (χ2v) is 7.04. The van der Waals surface area contributed by atoms with Gasteiger partial charge in [-0.25, -0.2) is 0 Å². The maximum absolute atomic E-state index is 2.57. The first kappa shape index (κ1) is 9.24. The monoisotopic (exact) mass is 192 g/mol. The average Bonchev–Trinajstić information content (AvgIpc) is 2.11. The second kappa shape index (κ2) is 2.57. The van der Waals surface area contributed by atoms with Crippen LogP contribution in [0.25, 0.3) is 0 Å². The van der Waals surface area contributed by atoms with Crippen molar-refractivity contribution in [2.45, 2.75) is 59.3 Å². The molecule has 0 aromatic heterocycles. The molecule has 4 aliphatic carbocycles. The zero-order valence-corrected chi connectivity index (χ0v) is 9.97. The lowest BCUT2D eigenvalue weighted by molar-refractivity contribution is -0.134. The molecule has 2 atom stereocenters. The van der Waals surface area contributed by atoms with Crippen molar-refractivity contribution in [1.29, 1.82) is 0 Å². The fraction of sp³-hybridized carbons (Fsp3) is 1.00. The van der Waals surface area contributed by atoms with Crippen LogP contribution in [0.5, 0.6) is 0 Å². The van der Waals surface area contributed by atoms with E-state index in [9.17, 15) is 0 Å². The summed E-state index contributed by atoms with van der Waals surface area (Å²) >= 11 is 0. The van der Waals surface area contributed by atoms with Gasteiger partial charge in [0.25, 0.3) is 0 Å². The van der Waals surface area contributed by atoms with Crippen molar-refractivity contribution >= 4 is 0 Å². The van der Waals surface area contributed by atoms with Crippen LogP contribution in [0.2, 0.25) is 0 Å². The van der Waals surface area contributed by atoms with Gasteiger partial charge in [-0.05, 0) is 60.7 Å². The van der Waals surface area contributed by atoms with Crippen LogP contribution in [0.4, 0.5) is 0 Å². The first-order chi connectivity index (χ1) is 6.56. The van der Waals surface area contributed by atoms with E-state index in [-0.39, 0.29) is 0 Å². The minimum Gasteiger partial charge on any atom is -0.0649 e. The Hall–Kier alpha value is 0. The number of hydrogen-bond acceptors (Lipinski definition) is 0. The molecule has 0 radical (unpaired) electrons. The lowest BCUT2D eigenvalue weighted by atomic mass is 9.41.